The zero-order valence-corrected chi connectivity index (χ0v) is 15.6. The fraction of sp³-hybridized carbons (Fsp3) is 0.500. The van der Waals surface area contributed by atoms with E-state index in [1.807, 2.05) is 20.8 Å². The van der Waals surface area contributed by atoms with E-state index < -0.39 is 9.05 Å². The Balaban J connectivity index is 3.41. The standard InChI is InChI=1S/C14H19BrClNO3S/c1-5-6-17(9(2)3)14(18)12-7-11(21(16,19)20)8-13(15)10(12)4/h7-9H,5-6H2,1-4H3. The molecule has 0 aromatic heterocycles. The lowest BCUT2D eigenvalue weighted by Crippen LogP contribution is -2.38. The number of amides is 1. The average molecular weight is 397 g/mol. The summed E-state index contributed by atoms with van der Waals surface area (Å²) in [5.41, 5.74) is 1.05. The normalized spacial score (nSPS) is 11.8. The smallest absolute Gasteiger partial charge is 0.261 e. The lowest BCUT2D eigenvalue weighted by atomic mass is 10.1. The Labute approximate surface area is 139 Å². The largest absolute Gasteiger partial charge is 0.336 e. The van der Waals surface area contributed by atoms with E-state index in [-0.39, 0.29) is 16.8 Å². The molecule has 0 atom stereocenters. The lowest BCUT2D eigenvalue weighted by molar-refractivity contribution is 0.0705. The highest BCUT2D eigenvalue weighted by atomic mass is 79.9. The molecule has 1 aromatic rings. The quantitative estimate of drug-likeness (QED) is 0.708. The van der Waals surface area contributed by atoms with Gasteiger partial charge in [-0.25, -0.2) is 8.42 Å². The van der Waals surface area contributed by atoms with Crippen molar-refractivity contribution in [1.82, 2.24) is 4.90 Å². The Morgan fingerprint density at radius 2 is 1.95 bits per heavy atom. The molecular weight excluding hydrogens is 378 g/mol. The topological polar surface area (TPSA) is 54.5 Å². The average Bonchev–Trinajstić information content (AvgIpc) is 2.36. The molecular formula is C14H19BrClNO3S. The van der Waals surface area contributed by atoms with Crippen molar-refractivity contribution < 1.29 is 13.2 Å². The van der Waals surface area contributed by atoms with Crippen LogP contribution in [0.2, 0.25) is 0 Å². The molecule has 0 unspecified atom stereocenters. The van der Waals surface area contributed by atoms with Gasteiger partial charge in [-0.15, -0.1) is 0 Å². The molecule has 0 saturated carbocycles. The summed E-state index contributed by atoms with van der Waals surface area (Å²) in [6.45, 7) is 8.24. The van der Waals surface area contributed by atoms with Gasteiger partial charge >= 0.3 is 0 Å². The first-order chi connectivity index (χ1) is 9.59. The van der Waals surface area contributed by atoms with Crippen LogP contribution in [0.4, 0.5) is 0 Å². The van der Waals surface area contributed by atoms with Gasteiger partial charge in [-0.1, -0.05) is 22.9 Å². The van der Waals surface area contributed by atoms with Crippen LogP contribution in [0.3, 0.4) is 0 Å². The third-order valence-electron chi connectivity index (χ3n) is 3.18. The van der Waals surface area contributed by atoms with E-state index in [1.54, 1.807) is 11.8 Å². The van der Waals surface area contributed by atoms with E-state index in [4.69, 9.17) is 10.7 Å². The van der Waals surface area contributed by atoms with Crippen LogP contribution >= 0.6 is 26.6 Å². The van der Waals surface area contributed by atoms with Crippen molar-refractivity contribution in [2.24, 2.45) is 0 Å². The van der Waals surface area contributed by atoms with Gasteiger partial charge in [0, 0.05) is 33.3 Å². The third-order valence-corrected chi connectivity index (χ3v) is 5.34. The van der Waals surface area contributed by atoms with Gasteiger partial charge in [-0.05, 0) is 44.9 Å². The van der Waals surface area contributed by atoms with Crippen LogP contribution in [-0.4, -0.2) is 31.8 Å². The van der Waals surface area contributed by atoms with Crippen molar-refractivity contribution in [3.63, 3.8) is 0 Å². The Hall–Kier alpha value is -0.590. The fourth-order valence-corrected chi connectivity index (χ4v) is 3.40. The summed E-state index contributed by atoms with van der Waals surface area (Å²) in [7, 11) is 1.50. The number of carbonyl (C=O) groups excluding carboxylic acids is 1. The van der Waals surface area contributed by atoms with E-state index in [9.17, 15) is 13.2 Å². The first-order valence-electron chi connectivity index (χ1n) is 6.65. The molecule has 0 fully saturated rings. The van der Waals surface area contributed by atoms with Crippen LogP contribution in [0.15, 0.2) is 21.5 Å². The van der Waals surface area contributed by atoms with Crippen LogP contribution in [-0.2, 0) is 9.05 Å². The summed E-state index contributed by atoms with van der Waals surface area (Å²) < 4.78 is 23.6. The predicted molar refractivity (Wildman–Crippen MR) is 88.4 cm³/mol. The van der Waals surface area contributed by atoms with Gasteiger partial charge < -0.3 is 4.90 Å². The second kappa shape index (κ2) is 7.11. The predicted octanol–water partition coefficient (Wildman–Crippen LogP) is 3.95. The molecule has 21 heavy (non-hydrogen) atoms. The van der Waals surface area contributed by atoms with Crippen molar-refractivity contribution in [3.8, 4) is 0 Å². The highest BCUT2D eigenvalue weighted by Crippen LogP contribution is 2.28. The first-order valence-corrected chi connectivity index (χ1v) is 9.75. The highest BCUT2D eigenvalue weighted by molar-refractivity contribution is 9.10. The Kier molecular flexibility index (Phi) is 6.25. The number of hydrogen-bond donors (Lipinski definition) is 0. The number of rotatable bonds is 5. The van der Waals surface area contributed by atoms with Crippen molar-refractivity contribution in [3.05, 3.63) is 27.7 Å². The molecule has 0 radical (unpaired) electrons. The molecule has 0 spiro atoms. The van der Waals surface area contributed by atoms with E-state index in [2.05, 4.69) is 15.9 Å². The number of nitrogens with zero attached hydrogens (tertiary/aromatic N) is 1. The second-order valence-electron chi connectivity index (χ2n) is 5.11. The van der Waals surface area contributed by atoms with E-state index in [0.717, 1.165) is 6.42 Å². The third kappa shape index (κ3) is 4.44. The van der Waals surface area contributed by atoms with E-state index in [1.165, 1.54) is 12.1 Å². The van der Waals surface area contributed by atoms with Crippen LogP contribution in [0.1, 0.15) is 43.1 Å². The Morgan fingerprint density at radius 3 is 2.38 bits per heavy atom. The van der Waals surface area contributed by atoms with Gasteiger partial charge in [0.25, 0.3) is 15.0 Å². The number of carbonyl (C=O) groups is 1. The molecule has 0 aliphatic heterocycles. The van der Waals surface area contributed by atoms with Crippen molar-refractivity contribution in [2.75, 3.05) is 6.54 Å². The van der Waals surface area contributed by atoms with Gasteiger partial charge in [0.05, 0.1) is 4.90 Å². The molecule has 0 bridgehead atoms. The maximum absolute atomic E-state index is 12.7. The number of halogens is 2. The van der Waals surface area contributed by atoms with Crippen LogP contribution in [0, 0.1) is 6.92 Å². The van der Waals surface area contributed by atoms with Crippen LogP contribution in [0.5, 0.6) is 0 Å². The van der Waals surface area contributed by atoms with Crippen LogP contribution in [0.25, 0.3) is 0 Å². The minimum atomic E-state index is -3.88. The molecule has 1 rings (SSSR count). The van der Waals surface area contributed by atoms with Crippen molar-refractivity contribution in [2.45, 2.75) is 45.1 Å². The highest BCUT2D eigenvalue weighted by Gasteiger charge is 2.23. The first kappa shape index (κ1) is 18.5. The molecule has 1 aromatic carbocycles. The SMILES string of the molecule is CCCN(C(=O)c1cc(S(=O)(=O)Cl)cc(Br)c1C)C(C)C. The summed E-state index contributed by atoms with van der Waals surface area (Å²) in [5, 5.41) is 0. The summed E-state index contributed by atoms with van der Waals surface area (Å²) in [6.07, 6.45) is 0.831. The molecule has 0 heterocycles. The fourth-order valence-electron chi connectivity index (χ4n) is 2.01. The molecule has 0 aliphatic rings. The molecule has 118 valence electrons. The van der Waals surface area contributed by atoms with Gasteiger partial charge in [0.1, 0.15) is 0 Å². The van der Waals surface area contributed by atoms with Crippen LogP contribution < -0.4 is 0 Å². The second-order valence-corrected chi connectivity index (χ2v) is 8.53. The lowest BCUT2D eigenvalue weighted by Gasteiger charge is -2.27. The molecule has 1 amide bonds. The minimum absolute atomic E-state index is 0.0342. The van der Waals surface area contributed by atoms with Gasteiger partial charge in [-0.2, -0.15) is 0 Å². The molecule has 0 N–H and O–H groups in total. The molecule has 7 heteroatoms. The molecule has 0 saturated heterocycles. The maximum atomic E-state index is 12.7. The summed E-state index contributed by atoms with van der Waals surface area (Å²) in [4.78, 5) is 14.3. The Morgan fingerprint density at radius 1 is 1.38 bits per heavy atom. The number of benzene rings is 1. The van der Waals surface area contributed by atoms with Gasteiger partial charge in [0.15, 0.2) is 0 Å². The van der Waals surface area contributed by atoms with E-state index in [0.29, 0.717) is 22.1 Å². The number of hydrogen-bond acceptors (Lipinski definition) is 3. The molecule has 0 aliphatic carbocycles. The molecule has 4 nitrogen and oxygen atoms in total. The van der Waals surface area contributed by atoms with Gasteiger partial charge in [0.2, 0.25) is 0 Å². The zero-order valence-electron chi connectivity index (χ0n) is 12.5. The minimum Gasteiger partial charge on any atom is -0.336 e. The maximum Gasteiger partial charge on any atom is 0.261 e. The van der Waals surface area contributed by atoms with Crippen molar-refractivity contribution in [1.29, 1.82) is 0 Å². The summed E-state index contributed by atoms with van der Waals surface area (Å²) in [5.74, 6) is -0.188. The zero-order chi connectivity index (χ0) is 16.4. The monoisotopic (exact) mass is 395 g/mol. The summed E-state index contributed by atoms with van der Waals surface area (Å²) >= 11 is 3.29. The van der Waals surface area contributed by atoms with Gasteiger partial charge in [-0.3, -0.25) is 4.79 Å². The summed E-state index contributed by atoms with van der Waals surface area (Å²) in [6, 6.07) is 2.79. The van der Waals surface area contributed by atoms with E-state index >= 15 is 0 Å². The Bertz CT molecular complexity index is 644. The van der Waals surface area contributed by atoms with Crippen molar-refractivity contribution >= 4 is 41.6 Å².